The van der Waals surface area contributed by atoms with Crippen LogP contribution in [-0.4, -0.2) is 0 Å². The van der Waals surface area contributed by atoms with Crippen molar-refractivity contribution < 1.29 is 8.78 Å². The average Bonchev–Trinajstić information content (AvgIpc) is 1.38. The Labute approximate surface area is 29.8 Å². The minimum atomic E-state index is -1.50. The lowest BCUT2D eigenvalue weighted by atomic mass is 10.5. The highest BCUT2D eigenvalue weighted by molar-refractivity contribution is 4.50. The first-order chi connectivity index (χ1) is 2.27. The number of halogens is 2. The first-order valence-corrected chi connectivity index (χ1v) is 1.44. The summed E-state index contributed by atoms with van der Waals surface area (Å²) in [5, 5.41) is 0. The van der Waals surface area contributed by atoms with Crippen molar-refractivity contribution in [2.24, 2.45) is 0 Å². The predicted molar refractivity (Wildman–Crippen MR) is 15.8 cm³/mol. The highest BCUT2D eigenvalue weighted by atomic mass is 19.3. The summed E-state index contributed by atoms with van der Waals surface area (Å²) in [7, 11) is 0. The van der Waals surface area contributed by atoms with Crippen LogP contribution < -0.4 is 0 Å². The fraction of sp³-hybridized carbons (Fsp3) is 0.667. The molecule has 0 rings (SSSR count). The van der Waals surface area contributed by atoms with E-state index in [2.05, 4.69) is 0 Å². The average molecular weight is 79.1 g/mol. The Kier molecular flexibility index (Phi) is 2.06. The number of hydrogen-bond acceptors (Lipinski definition) is 0. The third-order valence-electron chi connectivity index (χ3n) is 0.267. The summed E-state index contributed by atoms with van der Waals surface area (Å²) in [4.78, 5) is 0. The summed E-state index contributed by atoms with van der Waals surface area (Å²) in [6, 6.07) is 0. The highest BCUT2D eigenvalue weighted by Gasteiger charge is 1.94. The lowest BCUT2D eigenvalue weighted by Gasteiger charge is -1.78. The molecule has 0 N–H and O–H groups in total. The molecule has 1 radical (unpaired) electrons. The second kappa shape index (κ2) is 2.12. The molecule has 2 heteroatoms. The normalized spacial score (nSPS) is 9.60. The molecule has 0 atom stereocenters. The number of rotatable bonds is 1. The number of hydrogen-bond donors (Lipinski definition) is 0. The van der Waals surface area contributed by atoms with E-state index in [1.54, 1.807) is 0 Å². The van der Waals surface area contributed by atoms with E-state index in [9.17, 15) is 8.78 Å². The van der Waals surface area contributed by atoms with E-state index in [0.717, 1.165) is 0 Å². The molecular weight excluding hydrogens is 74.0 g/mol. The molecule has 0 aromatic carbocycles. The monoisotopic (exact) mass is 79.0 g/mol. The van der Waals surface area contributed by atoms with Gasteiger partial charge >= 0.3 is 6.43 Å². The van der Waals surface area contributed by atoms with Gasteiger partial charge in [0.1, 0.15) is 0 Å². The summed E-state index contributed by atoms with van der Waals surface area (Å²) in [5.74, 6) is 0. The SMILES string of the molecule is CC[C](F)F. The van der Waals surface area contributed by atoms with Crippen LogP contribution in [0, 0.1) is 6.43 Å². The zero-order valence-electron chi connectivity index (χ0n) is 2.96. The second-order valence-electron chi connectivity index (χ2n) is 0.692. The summed E-state index contributed by atoms with van der Waals surface area (Å²) in [6.07, 6.45) is -1.61. The minimum Gasteiger partial charge on any atom is -0.200 e. The molecule has 0 unspecified atom stereocenters. The molecule has 0 aliphatic heterocycles. The minimum absolute atomic E-state index is 0.111. The van der Waals surface area contributed by atoms with E-state index < -0.39 is 6.43 Å². The van der Waals surface area contributed by atoms with Crippen molar-refractivity contribution >= 4 is 0 Å². The van der Waals surface area contributed by atoms with Gasteiger partial charge in [0.25, 0.3) is 0 Å². The van der Waals surface area contributed by atoms with E-state index in [4.69, 9.17) is 0 Å². The highest BCUT2D eigenvalue weighted by Crippen LogP contribution is 2.04. The molecule has 0 aromatic heterocycles. The van der Waals surface area contributed by atoms with Crippen molar-refractivity contribution in [1.29, 1.82) is 0 Å². The molecular formula is C3H5F2. The molecule has 0 aromatic rings. The predicted octanol–water partition coefficient (Wildman–Crippen LogP) is 1.82. The Morgan fingerprint density at radius 1 is 1.60 bits per heavy atom. The summed E-state index contributed by atoms with van der Waals surface area (Å²) >= 11 is 0. The maximum atomic E-state index is 10.7. The van der Waals surface area contributed by atoms with Gasteiger partial charge in [-0.1, -0.05) is 6.92 Å². The van der Waals surface area contributed by atoms with Crippen LogP contribution >= 0.6 is 0 Å². The molecule has 31 valence electrons. The van der Waals surface area contributed by atoms with Crippen molar-refractivity contribution in [3.63, 3.8) is 0 Å². The molecule has 0 spiro atoms. The summed E-state index contributed by atoms with van der Waals surface area (Å²) in [6.45, 7) is 1.41. The van der Waals surface area contributed by atoms with E-state index in [1.807, 2.05) is 0 Å². The van der Waals surface area contributed by atoms with Gasteiger partial charge < -0.3 is 0 Å². The van der Waals surface area contributed by atoms with Gasteiger partial charge in [-0.25, -0.2) is 0 Å². The standard InChI is InChI=1S/C3H5F2/c1-2-3(4)5/h2H2,1H3. The van der Waals surface area contributed by atoms with Crippen LogP contribution in [0.3, 0.4) is 0 Å². The van der Waals surface area contributed by atoms with Gasteiger partial charge in [-0.05, 0) is 0 Å². The van der Waals surface area contributed by atoms with Gasteiger partial charge in [-0.2, -0.15) is 8.78 Å². The molecule has 0 bridgehead atoms. The molecule has 0 amide bonds. The Morgan fingerprint density at radius 3 is 1.80 bits per heavy atom. The summed E-state index contributed by atoms with van der Waals surface area (Å²) in [5.41, 5.74) is 0. The van der Waals surface area contributed by atoms with E-state index in [-0.39, 0.29) is 6.42 Å². The third-order valence-corrected chi connectivity index (χ3v) is 0.267. The largest absolute Gasteiger partial charge is 0.309 e. The maximum Gasteiger partial charge on any atom is 0.309 e. The van der Waals surface area contributed by atoms with E-state index in [1.165, 1.54) is 6.92 Å². The van der Waals surface area contributed by atoms with E-state index >= 15 is 0 Å². The van der Waals surface area contributed by atoms with E-state index in [0.29, 0.717) is 0 Å². The van der Waals surface area contributed by atoms with Crippen LogP contribution in [0.15, 0.2) is 0 Å². The fourth-order valence-corrected chi connectivity index (χ4v) is 0. The van der Waals surface area contributed by atoms with Crippen LogP contribution in [-0.2, 0) is 0 Å². The Hall–Kier alpha value is -0.140. The smallest absolute Gasteiger partial charge is 0.200 e. The molecule has 0 aliphatic carbocycles. The summed E-state index contributed by atoms with van der Waals surface area (Å²) < 4.78 is 21.4. The zero-order valence-corrected chi connectivity index (χ0v) is 2.96. The van der Waals surface area contributed by atoms with Crippen molar-refractivity contribution in [3.8, 4) is 0 Å². The fourth-order valence-electron chi connectivity index (χ4n) is 0. The van der Waals surface area contributed by atoms with Gasteiger partial charge in [0, 0.05) is 6.42 Å². The topological polar surface area (TPSA) is 0 Å². The van der Waals surface area contributed by atoms with Crippen molar-refractivity contribution in [2.75, 3.05) is 0 Å². The van der Waals surface area contributed by atoms with Gasteiger partial charge in [-0.3, -0.25) is 0 Å². The molecule has 0 fully saturated rings. The maximum absolute atomic E-state index is 10.7. The van der Waals surface area contributed by atoms with Gasteiger partial charge in [0.2, 0.25) is 0 Å². The van der Waals surface area contributed by atoms with Crippen LogP contribution in [0.1, 0.15) is 13.3 Å². The second-order valence-corrected chi connectivity index (χ2v) is 0.692. The lowest BCUT2D eigenvalue weighted by Crippen LogP contribution is -1.67. The molecule has 0 saturated carbocycles. The first kappa shape index (κ1) is 4.86. The van der Waals surface area contributed by atoms with Crippen molar-refractivity contribution in [3.05, 3.63) is 6.43 Å². The first-order valence-electron chi connectivity index (χ1n) is 1.44. The molecule has 0 saturated heterocycles. The molecule has 5 heavy (non-hydrogen) atoms. The van der Waals surface area contributed by atoms with Crippen LogP contribution in [0.4, 0.5) is 8.78 Å². The molecule has 0 heterocycles. The Morgan fingerprint density at radius 2 is 1.80 bits per heavy atom. The van der Waals surface area contributed by atoms with Crippen molar-refractivity contribution in [1.82, 2.24) is 0 Å². The van der Waals surface area contributed by atoms with Gasteiger partial charge in [0.15, 0.2) is 0 Å². The molecule has 0 nitrogen and oxygen atoms in total. The van der Waals surface area contributed by atoms with Crippen LogP contribution in [0.2, 0.25) is 0 Å². The molecule has 0 aliphatic rings. The van der Waals surface area contributed by atoms with Gasteiger partial charge in [-0.15, -0.1) is 0 Å². The Bertz CT molecular complexity index is 18.9. The van der Waals surface area contributed by atoms with Gasteiger partial charge in [0.05, 0.1) is 0 Å². The lowest BCUT2D eigenvalue weighted by molar-refractivity contribution is 0.277. The van der Waals surface area contributed by atoms with Crippen molar-refractivity contribution in [2.45, 2.75) is 13.3 Å². The van der Waals surface area contributed by atoms with Crippen LogP contribution in [0.25, 0.3) is 0 Å². The Balaban J connectivity index is 2.54. The van der Waals surface area contributed by atoms with Crippen LogP contribution in [0.5, 0.6) is 0 Å². The quantitative estimate of drug-likeness (QED) is 0.449. The zero-order chi connectivity index (χ0) is 4.28. The third kappa shape index (κ3) is 3.86.